The summed E-state index contributed by atoms with van der Waals surface area (Å²) >= 11 is 4.23. The topological polar surface area (TPSA) is 112 Å². The molecular formula is C39H49I2N3O6S3. The van der Waals surface area contributed by atoms with E-state index in [-0.39, 0.29) is 66.8 Å². The predicted molar refractivity (Wildman–Crippen MR) is 231 cm³/mol. The first-order chi connectivity index (χ1) is 24.9. The maximum Gasteiger partial charge on any atom is 0.244 e. The van der Waals surface area contributed by atoms with Gasteiger partial charge in [0.15, 0.2) is 0 Å². The summed E-state index contributed by atoms with van der Waals surface area (Å²) in [6, 6.07) is 17.1. The fraction of sp³-hybridized carbons (Fsp3) is 0.385. The van der Waals surface area contributed by atoms with Gasteiger partial charge in [0.1, 0.15) is 0 Å². The molecule has 53 heavy (non-hydrogen) atoms. The molecule has 1 heterocycles. The first-order valence-electron chi connectivity index (χ1n) is 17.5. The maximum absolute atomic E-state index is 14.8. The van der Waals surface area contributed by atoms with Crippen LogP contribution < -0.4 is 0 Å². The summed E-state index contributed by atoms with van der Waals surface area (Å²) in [6.07, 6.45) is 10.0. The van der Waals surface area contributed by atoms with Crippen molar-refractivity contribution in [1.82, 2.24) is 12.9 Å². The maximum atomic E-state index is 14.8. The van der Waals surface area contributed by atoms with Crippen molar-refractivity contribution >= 4 is 75.3 Å². The second kappa shape index (κ2) is 18.8. The monoisotopic (exact) mass is 1010 g/mol. The molecule has 0 amide bonds. The first kappa shape index (κ1) is 43.8. The summed E-state index contributed by atoms with van der Waals surface area (Å²) in [7, 11) is -12.0. The summed E-state index contributed by atoms with van der Waals surface area (Å²) in [5.41, 5.74) is 2.57. The molecule has 0 saturated heterocycles. The normalized spacial score (nSPS) is 18.5. The Hall–Kier alpha value is -1.93. The summed E-state index contributed by atoms with van der Waals surface area (Å²) in [4.78, 5) is 0.545. The van der Waals surface area contributed by atoms with Crippen molar-refractivity contribution in [3.05, 3.63) is 121 Å². The van der Waals surface area contributed by atoms with E-state index < -0.39 is 30.1 Å². The molecule has 0 atom stereocenters. The van der Waals surface area contributed by atoms with Gasteiger partial charge in [-0.3, -0.25) is 0 Å². The van der Waals surface area contributed by atoms with Gasteiger partial charge in [0, 0.05) is 46.4 Å². The number of rotatable bonds is 9. The standard InChI is InChI=1S/C39H49I2N3O6S3/c1-29(2)32-27-37(30(3)4)39(38(28-32)31(5)6)53(49,50)44-25-11-9-23-42(51(45,46)35-17-13-33(40)14-18-35)21-7-8-22-43(24-10-12-26-44)52(47,48)36-19-15-34(41)16-20-36/h7-20,27-31H,21-26H2,1-6H3/b8-7+,11-9+,12-10+. The predicted octanol–water partition coefficient (Wildman–Crippen LogP) is 8.32. The highest BCUT2D eigenvalue weighted by Crippen LogP contribution is 2.36. The number of hydrogen-bond donors (Lipinski definition) is 0. The van der Waals surface area contributed by atoms with Gasteiger partial charge in [-0.1, -0.05) is 90.1 Å². The van der Waals surface area contributed by atoms with Crippen molar-refractivity contribution in [1.29, 1.82) is 0 Å². The molecule has 0 bridgehead atoms. The lowest BCUT2D eigenvalue weighted by Gasteiger charge is -2.27. The molecule has 0 N–H and O–H groups in total. The SMILES string of the molecule is CC(C)c1cc(C(C)C)c(S(=O)(=O)N2C/C=C/CN(S(=O)(=O)c3ccc(I)cc3)C/C=C/CN(S(=O)(=O)c3ccc(I)cc3)C/C=C/C2)c(C(C)C)c1. The number of halogens is 2. The van der Waals surface area contributed by atoms with Gasteiger partial charge >= 0.3 is 0 Å². The van der Waals surface area contributed by atoms with Crippen molar-refractivity contribution in [3.8, 4) is 0 Å². The first-order valence-corrected chi connectivity index (χ1v) is 24.0. The molecule has 0 aromatic heterocycles. The quantitative estimate of drug-likeness (QED) is 0.158. The third-order valence-electron chi connectivity index (χ3n) is 8.93. The molecule has 9 nitrogen and oxygen atoms in total. The number of hydrogen-bond acceptors (Lipinski definition) is 6. The highest BCUT2D eigenvalue weighted by molar-refractivity contribution is 14.1. The second-order valence-electron chi connectivity index (χ2n) is 13.8. The molecule has 0 fully saturated rings. The Labute approximate surface area is 344 Å². The van der Waals surface area contributed by atoms with Crippen LogP contribution in [0.2, 0.25) is 0 Å². The summed E-state index contributed by atoms with van der Waals surface area (Å²) < 4.78 is 90.8. The van der Waals surface area contributed by atoms with E-state index in [0.717, 1.165) is 23.8 Å². The van der Waals surface area contributed by atoms with Gasteiger partial charge in [-0.05, 0) is 128 Å². The summed E-state index contributed by atoms with van der Waals surface area (Å²) in [5.74, 6) is 0.0643. The molecule has 3 aromatic carbocycles. The van der Waals surface area contributed by atoms with Crippen LogP contribution >= 0.6 is 45.2 Å². The van der Waals surface area contributed by atoms with Crippen LogP contribution in [0.15, 0.2) is 112 Å². The molecule has 0 saturated carbocycles. The van der Waals surface area contributed by atoms with Crippen LogP contribution in [-0.4, -0.2) is 77.4 Å². The van der Waals surface area contributed by atoms with Crippen molar-refractivity contribution in [3.63, 3.8) is 0 Å². The lowest BCUT2D eigenvalue weighted by molar-refractivity contribution is 0.463. The molecule has 0 aliphatic carbocycles. The van der Waals surface area contributed by atoms with Crippen molar-refractivity contribution in [2.45, 2.75) is 74.0 Å². The van der Waals surface area contributed by atoms with Gasteiger partial charge in [0.05, 0.1) is 14.7 Å². The van der Waals surface area contributed by atoms with Crippen LogP contribution in [0.5, 0.6) is 0 Å². The fourth-order valence-electron chi connectivity index (χ4n) is 5.79. The molecule has 3 aromatic rings. The van der Waals surface area contributed by atoms with Crippen molar-refractivity contribution < 1.29 is 25.3 Å². The summed E-state index contributed by atoms with van der Waals surface area (Å²) in [5, 5.41) is 0. The van der Waals surface area contributed by atoms with E-state index in [9.17, 15) is 25.3 Å². The average molecular weight is 1010 g/mol. The van der Waals surface area contributed by atoms with E-state index in [4.69, 9.17) is 0 Å². The Morgan fingerprint density at radius 1 is 0.453 bits per heavy atom. The second-order valence-corrected chi connectivity index (χ2v) is 22.0. The highest BCUT2D eigenvalue weighted by atomic mass is 127. The van der Waals surface area contributed by atoms with Crippen molar-refractivity contribution in [2.24, 2.45) is 0 Å². The van der Waals surface area contributed by atoms with Crippen LogP contribution in [-0.2, 0) is 30.1 Å². The van der Waals surface area contributed by atoms with Gasteiger partial charge in [-0.2, -0.15) is 12.9 Å². The van der Waals surface area contributed by atoms with Crippen LogP contribution in [0.4, 0.5) is 0 Å². The molecule has 0 unspecified atom stereocenters. The Balaban J connectivity index is 1.82. The molecule has 288 valence electrons. The van der Waals surface area contributed by atoms with Gasteiger partial charge in [-0.15, -0.1) is 0 Å². The minimum Gasteiger partial charge on any atom is -0.207 e. The van der Waals surface area contributed by atoms with Crippen LogP contribution in [0, 0.1) is 7.14 Å². The molecule has 1 aliphatic rings. The molecule has 0 spiro atoms. The fourth-order valence-corrected chi connectivity index (χ4v) is 11.2. The van der Waals surface area contributed by atoms with Gasteiger partial charge in [-0.25, -0.2) is 25.3 Å². The molecule has 0 radical (unpaired) electrons. The Morgan fingerprint density at radius 3 is 1.00 bits per heavy atom. The lowest BCUT2D eigenvalue weighted by atomic mass is 9.89. The summed E-state index contributed by atoms with van der Waals surface area (Å²) in [6.45, 7) is 12.0. The Morgan fingerprint density at radius 2 is 0.736 bits per heavy atom. The van der Waals surface area contributed by atoms with Crippen LogP contribution in [0.3, 0.4) is 0 Å². The largest absolute Gasteiger partial charge is 0.244 e. The minimum atomic E-state index is -4.09. The van der Waals surface area contributed by atoms with Crippen molar-refractivity contribution in [2.75, 3.05) is 39.3 Å². The lowest BCUT2D eigenvalue weighted by Crippen LogP contribution is -2.34. The van der Waals surface area contributed by atoms with Gasteiger partial charge in [0.25, 0.3) is 0 Å². The zero-order valence-electron chi connectivity index (χ0n) is 31.0. The van der Waals surface area contributed by atoms with Crippen LogP contribution in [0.1, 0.15) is 76.0 Å². The smallest absolute Gasteiger partial charge is 0.207 e. The van der Waals surface area contributed by atoms with E-state index in [1.807, 2.05) is 39.8 Å². The van der Waals surface area contributed by atoms with Gasteiger partial charge in [0.2, 0.25) is 30.1 Å². The van der Waals surface area contributed by atoms with E-state index in [1.165, 1.54) is 12.9 Å². The Kier molecular flexibility index (Phi) is 15.5. The molecule has 1 aliphatic heterocycles. The molecular weight excluding hydrogens is 956 g/mol. The average Bonchev–Trinajstić information content (AvgIpc) is 3.10. The zero-order valence-corrected chi connectivity index (χ0v) is 37.7. The number of sulfonamides is 3. The third-order valence-corrected chi connectivity index (χ3v) is 16.0. The molecule has 4 rings (SSSR count). The third kappa shape index (κ3) is 10.9. The van der Waals surface area contributed by atoms with E-state index in [0.29, 0.717) is 4.90 Å². The molecule has 14 heteroatoms. The van der Waals surface area contributed by atoms with E-state index >= 15 is 0 Å². The number of nitrogens with zero attached hydrogens (tertiary/aromatic N) is 3. The zero-order chi connectivity index (χ0) is 39.1. The van der Waals surface area contributed by atoms with Crippen LogP contribution in [0.25, 0.3) is 0 Å². The Bertz CT molecular complexity index is 2020. The van der Waals surface area contributed by atoms with Gasteiger partial charge < -0.3 is 0 Å². The van der Waals surface area contributed by atoms with E-state index in [2.05, 4.69) is 59.0 Å². The highest BCUT2D eigenvalue weighted by Gasteiger charge is 2.32. The number of benzene rings is 3. The minimum absolute atomic E-state index is 0.0222. The van der Waals surface area contributed by atoms with E-state index in [1.54, 1.807) is 85.0 Å².